The predicted molar refractivity (Wildman–Crippen MR) is 53.7 cm³/mol. The van der Waals surface area contributed by atoms with E-state index < -0.39 is 0 Å². The Bertz CT molecular complexity index is 187. The molecule has 1 saturated heterocycles. The van der Waals surface area contributed by atoms with Gasteiger partial charge in [-0.15, -0.1) is 0 Å². The van der Waals surface area contributed by atoms with Gasteiger partial charge in [0.2, 0.25) is 0 Å². The van der Waals surface area contributed by atoms with Crippen molar-refractivity contribution < 1.29 is 5.11 Å². The molecule has 2 heteroatoms. The topological polar surface area (TPSA) is 23.5 Å². The summed E-state index contributed by atoms with van der Waals surface area (Å²) in [7, 11) is 0. The molecule has 2 rings (SSSR count). The normalized spacial score (nSPS) is 33.7. The molecule has 0 bridgehead atoms. The van der Waals surface area contributed by atoms with Crippen LogP contribution in [0, 0.1) is 0 Å². The fourth-order valence-electron chi connectivity index (χ4n) is 2.86. The van der Waals surface area contributed by atoms with Gasteiger partial charge in [0, 0.05) is 12.1 Å². The summed E-state index contributed by atoms with van der Waals surface area (Å²) in [6, 6.07) is 1.05. The van der Waals surface area contributed by atoms with E-state index in [1.54, 1.807) is 0 Å². The lowest BCUT2D eigenvalue weighted by Crippen LogP contribution is -2.55. The predicted octanol–water partition coefficient (Wildman–Crippen LogP) is 1.77. The first-order valence-corrected chi connectivity index (χ1v) is 5.61. The maximum atomic E-state index is 10.3. The minimum Gasteiger partial charge on any atom is -0.388 e. The fourth-order valence-corrected chi connectivity index (χ4v) is 2.86. The molecule has 0 amide bonds. The average molecular weight is 183 g/mol. The molecule has 1 aliphatic carbocycles. The molecule has 2 fully saturated rings. The second kappa shape index (κ2) is 3.25. The van der Waals surface area contributed by atoms with E-state index >= 15 is 0 Å². The molecule has 0 spiro atoms. The molecular formula is C11H21NO. The van der Waals surface area contributed by atoms with Gasteiger partial charge in [0.05, 0.1) is 5.60 Å². The molecule has 0 aromatic heterocycles. The zero-order valence-electron chi connectivity index (χ0n) is 8.79. The molecule has 1 saturated carbocycles. The van der Waals surface area contributed by atoms with E-state index in [0.717, 1.165) is 12.8 Å². The lowest BCUT2D eigenvalue weighted by molar-refractivity contribution is -0.0966. The van der Waals surface area contributed by atoms with Crippen LogP contribution in [0.4, 0.5) is 0 Å². The number of aliphatic hydroxyl groups is 1. The Morgan fingerprint density at radius 2 is 2.00 bits per heavy atom. The molecule has 0 aromatic rings. The number of likely N-dealkylation sites (tertiary alicyclic amines) is 1. The molecule has 2 aliphatic rings. The summed E-state index contributed by atoms with van der Waals surface area (Å²) in [5.41, 5.74) is -0.319. The molecule has 76 valence electrons. The quantitative estimate of drug-likeness (QED) is 0.705. The van der Waals surface area contributed by atoms with Gasteiger partial charge in [-0.1, -0.05) is 0 Å². The van der Waals surface area contributed by atoms with Crippen LogP contribution in [0.5, 0.6) is 0 Å². The zero-order chi connectivity index (χ0) is 9.47. The van der Waals surface area contributed by atoms with Gasteiger partial charge < -0.3 is 5.11 Å². The number of hydrogen-bond acceptors (Lipinski definition) is 2. The lowest BCUT2D eigenvalue weighted by Gasteiger charge is -2.46. The number of hydrogen-bond donors (Lipinski definition) is 1. The molecule has 1 atom stereocenters. The SMILES string of the molecule is CC(C)N1CCCC1C1(O)CCC1. The summed E-state index contributed by atoms with van der Waals surface area (Å²) in [5, 5.41) is 10.3. The zero-order valence-corrected chi connectivity index (χ0v) is 8.79. The third-order valence-corrected chi connectivity index (χ3v) is 3.80. The van der Waals surface area contributed by atoms with Crippen LogP contribution in [0.3, 0.4) is 0 Å². The molecule has 1 N–H and O–H groups in total. The van der Waals surface area contributed by atoms with E-state index in [-0.39, 0.29) is 5.60 Å². The van der Waals surface area contributed by atoms with Crippen molar-refractivity contribution in [3.63, 3.8) is 0 Å². The first-order chi connectivity index (χ1) is 6.13. The van der Waals surface area contributed by atoms with Gasteiger partial charge >= 0.3 is 0 Å². The second-order valence-electron chi connectivity index (χ2n) is 4.95. The minimum absolute atomic E-state index is 0.319. The van der Waals surface area contributed by atoms with Gasteiger partial charge in [0.25, 0.3) is 0 Å². The lowest BCUT2D eigenvalue weighted by atomic mass is 9.73. The summed E-state index contributed by atoms with van der Waals surface area (Å²) in [4.78, 5) is 2.49. The van der Waals surface area contributed by atoms with Gasteiger partial charge in [0.15, 0.2) is 0 Å². The Morgan fingerprint density at radius 3 is 2.46 bits per heavy atom. The van der Waals surface area contributed by atoms with Gasteiger partial charge in [-0.05, 0) is 52.5 Å². The maximum absolute atomic E-state index is 10.3. The van der Waals surface area contributed by atoms with Crippen LogP contribution < -0.4 is 0 Å². The van der Waals surface area contributed by atoms with Crippen LogP contribution in [-0.2, 0) is 0 Å². The van der Waals surface area contributed by atoms with Crippen molar-refractivity contribution in [2.75, 3.05) is 6.54 Å². The minimum atomic E-state index is -0.319. The Hall–Kier alpha value is -0.0800. The highest BCUT2D eigenvalue weighted by Crippen LogP contribution is 2.41. The van der Waals surface area contributed by atoms with E-state index in [9.17, 15) is 5.11 Å². The van der Waals surface area contributed by atoms with Crippen molar-refractivity contribution in [3.8, 4) is 0 Å². The first-order valence-electron chi connectivity index (χ1n) is 5.61. The standard InChI is InChI=1S/C11H21NO/c1-9(2)12-8-3-5-10(12)11(13)6-4-7-11/h9-10,13H,3-8H2,1-2H3. The first kappa shape index (κ1) is 9.47. The third kappa shape index (κ3) is 1.50. The highest BCUT2D eigenvalue weighted by molar-refractivity contribution is 5.02. The van der Waals surface area contributed by atoms with E-state index in [1.807, 2.05) is 0 Å². The van der Waals surface area contributed by atoms with E-state index in [1.165, 1.54) is 25.8 Å². The van der Waals surface area contributed by atoms with E-state index in [4.69, 9.17) is 0 Å². The molecule has 0 radical (unpaired) electrons. The van der Waals surface area contributed by atoms with E-state index in [0.29, 0.717) is 12.1 Å². The van der Waals surface area contributed by atoms with Crippen molar-refractivity contribution in [1.29, 1.82) is 0 Å². The van der Waals surface area contributed by atoms with Gasteiger partial charge in [0.1, 0.15) is 0 Å². The Balaban J connectivity index is 2.04. The number of rotatable bonds is 2. The smallest absolute Gasteiger partial charge is 0.0802 e. The van der Waals surface area contributed by atoms with Crippen molar-refractivity contribution in [3.05, 3.63) is 0 Å². The van der Waals surface area contributed by atoms with Crippen LogP contribution in [0.15, 0.2) is 0 Å². The van der Waals surface area contributed by atoms with Crippen molar-refractivity contribution >= 4 is 0 Å². The van der Waals surface area contributed by atoms with Crippen molar-refractivity contribution in [2.45, 2.75) is 63.6 Å². The fraction of sp³-hybridized carbons (Fsp3) is 1.00. The summed E-state index contributed by atoms with van der Waals surface area (Å²) in [6.45, 7) is 5.66. The Labute approximate surface area is 80.9 Å². The highest BCUT2D eigenvalue weighted by atomic mass is 16.3. The average Bonchev–Trinajstić information content (AvgIpc) is 2.47. The molecule has 1 unspecified atom stereocenters. The largest absolute Gasteiger partial charge is 0.388 e. The Kier molecular flexibility index (Phi) is 2.37. The monoisotopic (exact) mass is 183 g/mol. The molecule has 0 aromatic carbocycles. The van der Waals surface area contributed by atoms with Gasteiger partial charge in [-0.3, -0.25) is 4.90 Å². The van der Waals surface area contributed by atoms with Crippen molar-refractivity contribution in [1.82, 2.24) is 4.90 Å². The highest BCUT2D eigenvalue weighted by Gasteiger charge is 2.47. The number of nitrogens with zero attached hydrogens (tertiary/aromatic N) is 1. The Morgan fingerprint density at radius 1 is 1.31 bits per heavy atom. The van der Waals surface area contributed by atoms with Crippen LogP contribution in [0.1, 0.15) is 46.0 Å². The third-order valence-electron chi connectivity index (χ3n) is 3.80. The summed E-state index contributed by atoms with van der Waals surface area (Å²) < 4.78 is 0. The second-order valence-corrected chi connectivity index (χ2v) is 4.95. The van der Waals surface area contributed by atoms with Crippen LogP contribution in [-0.4, -0.2) is 34.2 Å². The molecule has 1 aliphatic heterocycles. The summed E-state index contributed by atoms with van der Waals surface area (Å²) in [6.07, 6.45) is 5.75. The van der Waals surface area contributed by atoms with Crippen LogP contribution >= 0.6 is 0 Å². The maximum Gasteiger partial charge on any atom is 0.0802 e. The molecule has 2 nitrogen and oxygen atoms in total. The van der Waals surface area contributed by atoms with Crippen LogP contribution in [0.2, 0.25) is 0 Å². The molecule has 13 heavy (non-hydrogen) atoms. The summed E-state index contributed by atoms with van der Waals surface area (Å²) >= 11 is 0. The van der Waals surface area contributed by atoms with Gasteiger partial charge in [-0.25, -0.2) is 0 Å². The van der Waals surface area contributed by atoms with Gasteiger partial charge in [-0.2, -0.15) is 0 Å². The van der Waals surface area contributed by atoms with Crippen LogP contribution in [0.25, 0.3) is 0 Å². The summed E-state index contributed by atoms with van der Waals surface area (Å²) in [5.74, 6) is 0. The molecule has 1 heterocycles. The molecular weight excluding hydrogens is 162 g/mol. The van der Waals surface area contributed by atoms with Crippen molar-refractivity contribution in [2.24, 2.45) is 0 Å². The van der Waals surface area contributed by atoms with E-state index in [2.05, 4.69) is 18.7 Å².